The molecule has 2 aromatic carbocycles. The number of methoxy groups -OCH3 is 2. The number of nitrogens with zero attached hydrogens (tertiary/aromatic N) is 3. The third-order valence-corrected chi connectivity index (χ3v) is 6.66. The molecule has 2 aromatic rings. The Balaban J connectivity index is 1.46. The first-order valence-corrected chi connectivity index (χ1v) is 12.5. The maximum atomic E-state index is 14.5. The summed E-state index contributed by atoms with van der Waals surface area (Å²) in [5, 5.41) is 0. The summed E-state index contributed by atoms with van der Waals surface area (Å²) in [6, 6.07) is 11.0. The first-order chi connectivity index (χ1) is 18.0. The second kappa shape index (κ2) is 12.8. The van der Waals surface area contributed by atoms with Crippen molar-refractivity contribution in [3.8, 4) is 11.5 Å². The van der Waals surface area contributed by atoms with Crippen molar-refractivity contribution in [2.45, 2.75) is 6.10 Å². The minimum Gasteiger partial charge on any atom is -0.493 e. The highest BCUT2D eigenvalue weighted by atomic mass is 19.1. The molecule has 0 radical (unpaired) electrons. The molecule has 2 heterocycles. The lowest BCUT2D eigenvalue weighted by Crippen LogP contribution is -2.52. The molecule has 0 bridgehead atoms. The highest BCUT2D eigenvalue weighted by molar-refractivity contribution is 5.95. The molecule has 0 aromatic heterocycles. The van der Waals surface area contributed by atoms with E-state index in [0.29, 0.717) is 63.1 Å². The molecule has 2 aliphatic heterocycles. The van der Waals surface area contributed by atoms with Gasteiger partial charge in [-0.15, -0.1) is 0 Å². The molecular formula is C27H34FN3O6. The number of hydrogen-bond donors (Lipinski definition) is 0. The van der Waals surface area contributed by atoms with E-state index in [9.17, 15) is 14.0 Å². The standard InChI is InChI=1S/C27H34FN3O6/c1-34-24-8-7-20(17-25(24)35-2)26(32)31-13-16-37-21(19-31)18-30(10-9-29-11-14-36-15-12-29)27(33)22-5-3-4-6-23(22)28/h3-8,17,21H,9-16,18-19H2,1-2H3. The Bertz CT molecular complexity index is 1080. The Morgan fingerprint density at radius 1 is 1.03 bits per heavy atom. The lowest BCUT2D eigenvalue weighted by molar-refractivity contribution is -0.0347. The zero-order valence-corrected chi connectivity index (χ0v) is 21.4. The first kappa shape index (κ1) is 26.8. The Morgan fingerprint density at radius 2 is 1.78 bits per heavy atom. The van der Waals surface area contributed by atoms with Gasteiger partial charge >= 0.3 is 0 Å². The topological polar surface area (TPSA) is 80.8 Å². The molecule has 2 amide bonds. The summed E-state index contributed by atoms with van der Waals surface area (Å²) >= 11 is 0. The van der Waals surface area contributed by atoms with Crippen LogP contribution in [-0.2, 0) is 9.47 Å². The molecule has 9 nitrogen and oxygen atoms in total. The number of ether oxygens (including phenoxy) is 4. The molecule has 2 fully saturated rings. The van der Waals surface area contributed by atoms with Gasteiger partial charge in [0, 0.05) is 51.4 Å². The lowest BCUT2D eigenvalue weighted by Gasteiger charge is -2.37. The van der Waals surface area contributed by atoms with Crippen molar-refractivity contribution in [1.29, 1.82) is 0 Å². The summed E-state index contributed by atoms with van der Waals surface area (Å²) in [4.78, 5) is 32.2. The van der Waals surface area contributed by atoms with Gasteiger partial charge in [0.2, 0.25) is 0 Å². The SMILES string of the molecule is COc1ccc(C(=O)N2CCOC(CN(CCN3CCOCC3)C(=O)c3ccccc3F)C2)cc1OC. The molecule has 4 rings (SSSR count). The number of halogens is 1. The van der Waals surface area contributed by atoms with Crippen LogP contribution in [0.1, 0.15) is 20.7 Å². The highest BCUT2D eigenvalue weighted by Crippen LogP contribution is 2.28. The fourth-order valence-electron chi connectivity index (χ4n) is 4.58. The van der Waals surface area contributed by atoms with Crippen LogP contribution < -0.4 is 9.47 Å². The quantitative estimate of drug-likeness (QED) is 0.506. The Morgan fingerprint density at radius 3 is 2.51 bits per heavy atom. The van der Waals surface area contributed by atoms with E-state index in [1.807, 2.05) is 0 Å². The van der Waals surface area contributed by atoms with Crippen LogP contribution in [-0.4, -0.2) is 112 Å². The molecule has 1 unspecified atom stereocenters. The Kier molecular flexibility index (Phi) is 9.32. The number of benzene rings is 2. The smallest absolute Gasteiger partial charge is 0.256 e. The zero-order chi connectivity index (χ0) is 26.2. The largest absolute Gasteiger partial charge is 0.493 e. The van der Waals surface area contributed by atoms with E-state index in [2.05, 4.69) is 4.90 Å². The van der Waals surface area contributed by atoms with Crippen molar-refractivity contribution in [3.05, 3.63) is 59.4 Å². The third kappa shape index (κ3) is 6.76. The van der Waals surface area contributed by atoms with Gasteiger partial charge in [-0.2, -0.15) is 0 Å². The van der Waals surface area contributed by atoms with E-state index in [1.165, 1.54) is 19.2 Å². The van der Waals surface area contributed by atoms with Gasteiger partial charge in [0.05, 0.1) is 45.7 Å². The summed E-state index contributed by atoms with van der Waals surface area (Å²) in [6.07, 6.45) is -0.404. The number of carbonyl (C=O) groups excluding carboxylic acids is 2. The van der Waals surface area contributed by atoms with E-state index >= 15 is 0 Å². The fourth-order valence-corrected chi connectivity index (χ4v) is 4.58. The van der Waals surface area contributed by atoms with Gasteiger partial charge in [-0.25, -0.2) is 4.39 Å². The van der Waals surface area contributed by atoms with Crippen LogP contribution >= 0.6 is 0 Å². The molecule has 10 heteroatoms. The van der Waals surface area contributed by atoms with Crippen LogP contribution in [0.5, 0.6) is 11.5 Å². The molecule has 1 atom stereocenters. The monoisotopic (exact) mass is 515 g/mol. The summed E-state index contributed by atoms with van der Waals surface area (Å²) < 4.78 is 36.4. The molecule has 0 N–H and O–H groups in total. The zero-order valence-electron chi connectivity index (χ0n) is 21.4. The van der Waals surface area contributed by atoms with E-state index in [-0.39, 0.29) is 18.0 Å². The highest BCUT2D eigenvalue weighted by Gasteiger charge is 2.30. The summed E-state index contributed by atoms with van der Waals surface area (Å²) in [5.41, 5.74) is 0.503. The molecule has 37 heavy (non-hydrogen) atoms. The van der Waals surface area contributed by atoms with Crippen LogP contribution in [0.3, 0.4) is 0 Å². The van der Waals surface area contributed by atoms with E-state index < -0.39 is 17.8 Å². The van der Waals surface area contributed by atoms with Gasteiger partial charge in [0.15, 0.2) is 11.5 Å². The molecule has 0 aliphatic carbocycles. The van der Waals surface area contributed by atoms with Crippen LogP contribution in [0.2, 0.25) is 0 Å². The van der Waals surface area contributed by atoms with Crippen molar-refractivity contribution < 1.29 is 32.9 Å². The number of hydrogen-bond acceptors (Lipinski definition) is 7. The number of carbonyl (C=O) groups is 2. The van der Waals surface area contributed by atoms with Crippen molar-refractivity contribution in [1.82, 2.24) is 14.7 Å². The predicted octanol–water partition coefficient (Wildman–Crippen LogP) is 2.16. The minimum absolute atomic E-state index is 0.0264. The average molecular weight is 516 g/mol. The van der Waals surface area contributed by atoms with Crippen molar-refractivity contribution in [2.75, 3.05) is 79.9 Å². The van der Waals surface area contributed by atoms with Gasteiger partial charge in [0.1, 0.15) is 5.82 Å². The van der Waals surface area contributed by atoms with Crippen LogP contribution in [0, 0.1) is 5.82 Å². The molecular weight excluding hydrogens is 481 g/mol. The molecule has 0 spiro atoms. The van der Waals surface area contributed by atoms with E-state index in [4.69, 9.17) is 18.9 Å². The summed E-state index contributed by atoms with van der Waals surface area (Å²) in [6.45, 7) is 5.26. The number of amides is 2. The van der Waals surface area contributed by atoms with Crippen LogP contribution in [0.25, 0.3) is 0 Å². The fraction of sp³-hybridized carbons (Fsp3) is 0.481. The van der Waals surface area contributed by atoms with Gasteiger partial charge in [0.25, 0.3) is 11.8 Å². The second-order valence-corrected chi connectivity index (χ2v) is 9.00. The van der Waals surface area contributed by atoms with Gasteiger partial charge in [-0.05, 0) is 30.3 Å². The molecule has 0 saturated carbocycles. The number of rotatable bonds is 9. The van der Waals surface area contributed by atoms with E-state index in [0.717, 1.165) is 13.1 Å². The third-order valence-electron chi connectivity index (χ3n) is 6.66. The Hall–Kier alpha value is -3.21. The average Bonchev–Trinajstić information content (AvgIpc) is 2.95. The normalized spacial score (nSPS) is 18.4. The first-order valence-electron chi connectivity index (χ1n) is 12.5. The predicted molar refractivity (Wildman–Crippen MR) is 135 cm³/mol. The van der Waals surface area contributed by atoms with E-state index in [1.54, 1.807) is 47.2 Å². The second-order valence-electron chi connectivity index (χ2n) is 9.00. The van der Waals surface area contributed by atoms with Gasteiger partial charge < -0.3 is 28.7 Å². The lowest BCUT2D eigenvalue weighted by atomic mass is 10.1. The summed E-state index contributed by atoms with van der Waals surface area (Å²) in [5.74, 6) is -0.0871. The minimum atomic E-state index is -0.557. The van der Waals surface area contributed by atoms with Crippen LogP contribution in [0.15, 0.2) is 42.5 Å². The van der Waals surface area contributed by atoms with Crippen molar-refractivity contribution in [2.24, 2.45) is 0 Å². The van der Waals surface area contributed by atoms with Gasteiger partial charge in [-0.1, -0.05) is 12.1 Å². The Labute approximate surface area is 216 Å². The van der Waals surface area contributed by atoms with Crippen molar-refractivity contribution in [3.63, 3.8) is 0 Å². The molecule has 2 aliphatic rings. The number of morpholine rings is 2. The van der Waals surface area contributed by atoms with Crippen LogP contribution in [0.4, 0.5) is 4.39 Å². The van der Waals surface area contributed by atoms with Gasteiger partial charge in [-0.3, -0.25) is 14.5 Å². The molecule has 2 saturated heterocycles. The summed E-state index contributed by atoms with van der Waals surface area (Å²) in [7, 11) is 3.06. The van der Waals surface area contributed by atoms with Crippen molar-refractivity contribution >= 4 is 11.8 Å². The maximum Gasteiger partial charge on any atom is 0.256 e. The maximum absolute atomic E-state index is 14.5. The molecule has 200 valence electrons.